The first kappa shape index (κ1) is 24.0. The van der Waals surface area contributed by atoms with E-state index in [1.54, 1.807) is 24.3 Å². The molecule has 0 saturated carbocycles. The van der Waals surface area contributed by atoms with Crippen molar-refractivity contribution >= 4 is 29.1 Å². The van der Waals surface area contributed by atoms with E-state index in [4.69, 9.17) is 21.4 Å². The molecule has 7 heteroatoms. The molecule has 2 aromatic rings. The SMILES string of the molecule is CC(C)(C)c1ccc(C2C(=C(O)c3ccc(Cl)cc3)C(=O)C(=O)N2CCOCCO)cc1. The number of likely N-dealkylation sites (tertiary alicyclic amines) is 1. The lowest BCUT2D eigenvalue weighted by Crippen LogP contribution is -2.33. The van der Waals surface area contributed by atoms with Crippen molar-refractivity contribution in [3.05, 3.63) is 75.8 Å². The van der Waals surface area contributed by atoms with Crippen LogP contribution >= 0.6 is 11.6 Å². The van der Waals surface area contributed by atoms with Crippen molar-refractivity contribution in [3.8, 4) is 0 Å². The van der Waals surface area contributed by atoms with E-state index in [9.17, 15) is 14.7 Å². The summed E-state index contributed by atoms with van der Waals surface area (Å²) >= 11 is 5.95. The molecule has 1 aliphatic heterocycles. The minimum Gasteiger partial charge on any atom is -0.507 e. The summed E-state index contributed by atoms with van der Waals surface area (Å²) < 4.78 is 5.32. The maximum atomic E-state index is 13.0. The fourth-order valence-corrected chi connectivity index (χ4v) is 3.84. The van der Waals surface area contributed by atoms with Crippen molar-refractivity contribution < 1.29 is 24.5 Å². The number of ether oxygens (including phenoxy) is 1. The average Bonchev–Trinajstić information content (AvgIpc) is 3.01. The molecule has 32 heavy (non-hydrogen) atoms. The predicted octanol–water partition coefficient (Wildman–Crippen LogP) is 4.07. The van der Waals surface area contributed by atoms with Crippen molar-refractivity contribution in [2.24, 2.45) is 0 Å². The van der Waals surface area contributed by atoms with E-state index in [1.807, 2.05) is 24.3 Å². The summed E-state index contributed by atoms with van der Waals surface area (Å²) in [6, 6.07) is 13.4. The van der Waals surface area contributed by atoms with Crippen LogP contribution in [-0.2, 0) is 19.7 Å². The summed E-state index contributed by atoms with van der Waals surface area (Å²) in [5.41, 5.74) is 2.21. The highest BCUT2D eigenvalue weighted by molar-refractivity contribution is 6.46. The molecule has 2 N–H and O–H groups in total. The number of aliphatic hydroxyl groups is 2. The first-order valence-corrected chi connectivity index (χ1v) is 10.9. The van der Waals surface area contributed by atoms with Crippen LogP contribution in [-0.4, -0.2) is 53.2 Å². The van der Waals surface area contributed by atoms with Crippen LogP contribution in [0, 0.1) is 0 Å². The zero-order chi connectivity index (χ0) is 23.5. The fourth-order valence-electron chi connectivity index (χ4n) is 3.72. The van der Waals surface area contributed by atoms with Crippen molar-refractivity contribution in [1.29, 1.82) is 0 Å². The first-order chi connectivity index (χ1) is 15.1. The zero-order valence-corrected chi connectivity index (χ0v) is 19.2. The maximum Gasteiger partial charge on any atom is 0.295 e. The number of aliphatic hydroxyl groups excluding tert-OH is 2. The molecule has 1 unspecified atom stereocenters. The van der Waals surface area contributed by atoms with Crippen molar-refractivity contribution in [3.63, 3.8) is 0 Å². The number of ketones is 1. The molecule has 3 rings (SSSR count). The van der Waals surface area contributed by atoms with Gasteiger partial charge < -0.3 is 19.8 Å². The highest BCUT2D eigenvalue weighted by atomic mass is 35.5. The van der Waals surface area contributed by atoms with Crippen LogP contribution in [0.3, 0.4) is 0 Å². The number of rotatable bonds is 7. The number of hydrogen-bond donors (Lipinski definition) is 2. The molecule has 0 aliphatic carbocycles. The van der Waals surface area contributed by atoms with Gasteiger partial charge in [-0.3, -0.25) is 9.59 Å². The summed E-state index contributed by atoms with van der Waals surface area (Å²) in [7, 11) is 0. The molecule has 1 heterocycles. The van der Waals surface area contributed by atoms with Crippen LogP contribution in [0.1, 0.15) is 43.5 Å². The summed E-state index contributed by atoms with van der Waals surface area (Å²) in [6.45, 7) is 6.62. The summed E-state index contributed by atoms with van der Waals surface area (Å²) in [6.07, 6.45) is 0. The minimum atomic E-state index is -0.752. The van der Waals surface area contributed by atoms with E-state index < -0.39 is 17.7 Å². The Hall–Kier alpha value is -2.67. The third-order valence-electron chi connectivity index (χ3n) is 5.46. The lowest BCUT2D eigenvalue weighted by atomic mass is 9.85. The number of hydrogen-bond acceptors (Lipinski definition) is 5. The van der Waals surface area contributed by atoms with Gasteiger partial charge in [0.15, 0.2) is 0 Å². The van der Waals surface area contributed by atoms with Gasteiger partial charge in [-0.25, -0.2) is 0 Å². The lowest BCUT2D eigenvalue weighted by molar-refractivity contribution is -0.140. The third-order valence-corrected chi connectivity index (χ3v) is 5.71. The topological polar surface area (TPSA) is 87.1 Å². The maximum absolute atomic E-state index is 13.0. The largest absolute Gasteiger partial charge is 0.507 e. The summed E-state index contributed by atoms with van der Waals surface area (Å²) in [4.78, 5) is 27.3. The van der Waals surface area contributed by atoms with Crippen LogP contribution < -0.4 is 0 Å². The second kappa shape index (κ2) is 9.86. The standard InChI is InChI=1S/C25H28ClNO5/c1-25(2,3)18-8-4-16(5-9-18)21-20(22(29)17-6-10-19(26)11-7-17)23(30)24(31)27(21)12-14-32-15-13-28/h4-11,21,28-29H,12-15H2,1-3H3. The smallest absolute Gasteiger partial charge is 0.295 e. The van der Waals surface area contributed by atoms with E-state index in [0.29, 0.717) is 10.6 Å². The molecular weight excluding hydrogens is 430 g/mol. The number of Topliss-reactive ketones (excluding diaryl/α,β-unsaturated/α-hetero) is 1. The monoisotopic (exact) mass is 457 g/mol. The number of carbonyl (C=O) groups is 2. The Morgan fingerprint density at radius 2 is 1.66 bits per heavy atom. The van der Waals surface area contributed by atoms with Crippen molar-refractivity contribution in [2.75, 3.05) is 26.4 Å². The second-order valence-electron chi connectivity index (χ2n) is 8.71. The lowest BCUT2D eigenvalue weighted by Gasteiger charge is -2.26. The zero-order valence-electron chi connectivity index (χ0n) is 18.5. The van der Waals surface area contributed by atoms with E-state index in [2.05, 4.69) is 20.8 Å². The molecule has 1 amide bonds. The molecule has 6 nitrogen and oxygen atoms in total. The fraction of sp³-hybridized carbons (Fsp3) is 0.360. The van der Waals surface area contributed by atoms with Crippen LogP contribution in [0.4, 0.5) is 0 Å². The van der Waals surface area contributed by atoms with Gasteiger partial charge in [-0.15, -0.1) is 0 Å². The van der Waals surface area contributed by atoms with Gasteiger partial charge in [0.1, 0.15) is 5.76 Å². The molecule has 0 bridgehead atoms. The Labute approximate surface area is 193 Å². The number of nitrogens with zero attached hydrogens (tertiary/aromatic N) is 1. The molecule has 1 fully saturated rings. The van der Waals surface area contributed by atoms with Crippen LogP contribution in [0.5, 0.6) is 0 Å². The first-order valence-electron chi connectivity index (χ1n) is 10.5. The van der Waals surface area contributed by atoms with Gasteiger partial charge in [0.2, 0.25) is 0 Å². The molecule has 170 valence electrons. The van der Waals surface area contributed by atoms with Crippen LogP contribution in [0.15, 0.2) is 54.1 Å². The molecule has 1 atom stereocenters. The predicted molar refractivity (Wildman–Crippen MR) is 124 cm³/mol. The van der Waals surface area contributed by atoms with Gasteiger partial charge in [-0.2, -0.15) is 0 Å². The number of carbonyl (C=O) groups excluding carboxylic acids is 2. The molecule has 1 aliphatic rings. The highest BCUT2D eigenvalue weighted by Crippen LogP contribution is 2.40. The Balaban J connectivity index is 2.07. The van der Waals surface area contributed by atoms with Gasteiger partial charge >= 0.3 is 0 Å². The highest BCUT2D eigenvalue weighted by Gasteiger charge is 2.45. The number of halogens is 1. The van der Waals surface area contributed by atoms with Gasteiger partial charge in [0.25, 0.3) is 11.7 Å². The Morgan fingerprint density at radius 1 is 1.03 bits per heavy atom. The molecule has 0 spiro atoms. The molecular formula is C25H28ClNO5. The van der Waals surface area contributed by atoms with E-state index in [1.165, 1.54) is 4.90 Å². The quantitative estimate of drug-likeness (QED) is 0.283. The third kappa shape index (κ3) is 5.04. The second-order valence-corrected chi connectivity index (χ2v) is 9.14. The van der Waals surface area contributed by atoms with E-state index in [0.717, 1.165) is 11.1 Å². The number of amides is 1. The van der Waals surface area contributed by atoms with Gasteiger partial charge in [0.05, 0.1) is 31.4 Å². The van der Waals surface area contributed by atoms with Crippen molar-refractivity contribution in [2.45, 2.75) is 32.2 Å². The normalized spacial score (nSPS) is 18.4. The summed E-state index contributed by atoms with van der Waals surface area (Å²) in [5.74, 6) is -1.69. The Kier molecular flexibility index (Phi) is 7.39. The minimum absolute atomic E-state index is 0.0305. The van der Waals surface area contributed by atoms with Crippen LogP contribution in [0.2, 0.25) is 5.02 Å². The average molecular weight is 458 g/mol. The number of benzene rings is 2. The van der Waals surface area contributed by atoms with E-state index >= 15 is 0 Å². The van der Waals surface area contributed by atoms with Gasteiger partial charge in [-0.05, 0) is 40.8 Å². The Morgan fingerprint density at radius 3 is 2.22 bits per heavy atom. The van der Waals surface area contributed by atoms with Gasteiger partial charge in [0, 0.05) is 17.1 Å². The molecule has 0 radical (unpaired) electrons. The molecule has 1 saturated heterocycles. The van der Waals surface area contributed by atoms with Gasteiger partial charge in [-0.1, -0.05) is 56.6 Å². The van der Waals surface area contributed by atoms with Crippen LogP contribution in [0.25, 0.3) is 5.76 Å². The molecule has 0 aromatic heterocycles. The van der Waals surface area contributed by atoms with E-state index in [-0.39, 0.29) is 43.1 Å². The molecule has 2 aromatic carbocycles. The Bertz CT molecular complexity index is 1010. The summed E-state index contributed by atoms with van der Waals surface area (Å²) in [5, 5.41) is 20.4. The van der Waals surface area contributed by atoms with Crippen molar-refractivity contribution in [1.82, 2.24) is 4.90 Å².